The van der Waals surface area contributed by atoms with E-state index in [1.807, 2.05) is 0 Å². The van der Waals surface area contributed by atoms with E-state index in [2.05, 4.69) is 37.4 Å². The van der Waals surface area contributed by atoms with E-state index < -0.39 is 0 Å². The Kier molecular flexibility index (Phi) is 5.21. The zero-order chi connectivity index (χ0) is 12.8. The molecule has 1 saturated carbocycles. The van der Waals surface area contributed by atoms with Crippen molar-refractivity contribution in [2.45, 2.75) is 39.7 Å². The van der Waals surface area contributed by atoms with Gasteiger partial charge in [-0.25, -0.2) is 0 Å². The Hall–Kier alpha value is -0.860. The molecule has 1 aliphatic rings. The number of benzene rings is 1. The second-order valence-electron chi connectivity index (χ2n) is 5.41. The van der Waals surface area contributed by atoms with Gasteiger partial charge in [0.25, 0.3) is 0 Å². The smallest absolute Gasteiger partial charge is 0.0494 e. The molecule has 0 heterocycles. The van der Waals surface area contributed by atoms with Crippen molar-refractivity contribution in [2.24, 2.45) is 5.92 Å². The average molecular weight is 247 g/mol. The molecule has 2 heteroatoms. The van der Waals surface area contributed by atoms with E-state index in [0.29, 0.717) is 0 Å². The van der Waals surface area contributed by atoms with Gasteiger partial charge in [-0.3, -0.25) is 0 Å². The monoisotopic (exact) mass is 247 g/mol. The molecule has 1 N–H and O–H groups in total. The summed E-state index contributed by atoms with van der Waals surface area (Å²) in [6.45, 7) is 8.26. The van der Waals surface area contributed by atoms with Crippen LogP contribution < -0.4 is 5.32 Å². The fourth-order valence-corrected chi connectivity index (χ4v) is 2.06. The van der Waals surface area contributed by atoms with Crippen LogP contribution >= 0.6 is 0 Å². The highest BCUT2D eigenvalue weighted by molar-refractivity contribution is 5.32. The average Bonchev–Trinajstić information content (AvgIpc) is 3.17. The van der Waals surface area contributed by atoms with Crippen LogP contribution in [0.15, 0.2) is 18.2 Å². The van der Waals surface area contributed by atoms with Gasteiger partial charge in [-0.15, -0.1) is 0 Å². The molecule has 1 fully saturated rings. The summed E-state index contributed by atoms with van der Waals surface area (Å²) < 4.78 is 5.61. The normalized spacial score (nSPS) is 15.0. The van der Waals surface area contributed by atoms with Gasteiger partial charge in [0, 0.05) is 19.8 Å². The predicted octanol–water partition coefficient (Wildman–Crippen LogP) is 3.21. The highest BCUT2D eigenvalue weighted by Gasteiger charge is 2.20. The molecule has 1 aromatic rings. The predicted molar refractivity (Wildman–Crippen MR) is 75.8 cm³/mol. The van der Waals surface area contributed by atoms with E-state index in [1.165, 1.54) is 29.5 Å². The highest BCUT2D eigenvalue weighted by Crippen LogP contribution is 2.28. The number of nitrogens with one attached hydrogen (secondary N) is 1. The molecule has 0 saturated heterocycles. The van der Waals surface area contributed by atoms with Crippen LogP contribution in [0.1, 0.15) is 36.0 Å². The lowest BCUT2D eigenvalue weighted by atomic mass is 10.0. The minimum Gasteiger partial charge on any atom is -0.381 e. The van der Waals surface area contributed by atoms with Crippen molar-refractivity contribution in [3.63, 3.8) is 0 Å². The van der Waals surface area contributed by atoms with E-state index in [1.54, 1.807) is 0 Å². The van der Waals surface area contributed by atoms with Crippen LogP contribution in [-0.2, 0) is 11.3 Å². The van der Waals surface area contributed by atoms with Gasteiger partial charge in [-0.05, 0) is 62.3 Å². The molecule has 0 spiro atoms. The van der Waals surface area contributed by atoms with E-state index in [9.17, 15) is 0 Å². The molecule has 0 aliphatic heterocycles. The quantitative estimate of drug-likeness (QED) is 0.712. The first-order valence-corrected chi connectivity index (χ1v) is 7.11. The minimum atomic E-state index is 0.882. The first-order chi connectivity index (χ1) is 8.77. The molecule has 0 amide bonds. The zero-order valence-electron chi connectivity index (χ0n) is 11.7. The van der Waals surface area contributed by atoms with Crippen LogP contribution in [0.2, 0.25) is 0 Å². The first kappa shape index (κ1) is 13.6. The number of aryl methyl sites for hydroxylation is 1. The zero-order valence-corrected chi connectivity index (χ0v) is 11.7. The van der Waals surface area contributed by atoms with Gasteiger partial charge in [0.1, 0.15) is 0 Å². The Balaban J connectivity index is 1.55. The molecule has 18 heavy (non-hydrogen) atoms. The molecule has 100 valence electrons. The Morgan fingerprint density at radius 2 is 2.11 bits per heavy atom. The van der Waals surface area contributed by atoms with Crippen molar-refractivity contribution in [1.29, 1.82) is 0 Å². The van der Waals surface area contributed by atoms with Gasteiger partial charge in [0.05, 0.1) is 0 Å². The van der Waals surface area contributed by atoms with E-state index in [-0.39, 0.29) is 0 Å². The molecule has 0 unspecified atom stereocenters. The van der Waals surface area contributed by atoms with Crippen LogP contribution in [0.5, 0.6) is 0 Å². The van der Waals surface area contributed by atoms with Crippen LogP contribution in [0, 0.1) is 19.8 Å². The molecular formula is C16H25NO. The summed E-state index contributed by atoms with van der Waals surface area (Å²) in [7, 11) is 0. The van der Waals surface area contributed by atoms with Crippen molar-refractivity contribution in [3.8, 4) is 0 Å². The fraction of sp³-hybridized carbons (Fsp3) is 0.625. The summed E-state index contributed by atoms with van der Waals surface area (Å²) in [5, 5.41) is 3.49. The lowest BCUT2D eigenvalue weighted by Gasteiger charge is -2.10. The second-order valence-corrected chi connectivity index (χ2v) is 5.41. The Morgan fingerprint density at radius 3 is 2.89 bits per heavy atom. The highest BCUT2D eigenvalue weighted by atomic mass is 16.5. The summed E-state index contributed by atoms with van der Waals surface area (Å²) in [4.78, 5) is 0. The summed E-state index contributed by atoms with van der Waals surface area (Å²) in [5.41, 5.74) is 4.20. The maximum Gasteiger partial charge on any atom is 0.0494 e. The molecule has 1 aromatic carbocycles. The van der Waals surface area contributed by atoms with Crippen molar-refractivity contribution in [1.82, 2.24) is 5.32 Å². The van der Waals surface area contributed by atoms with Crippen molar-refractivity contribution < 1.29 is 4.74 Å². The minimum absolute atomic E-state index is 0.882. The Morgan fingerprint density at radius 1 is 1.28 bits per heavy atom. The van der Waals surface area contributed by atoms with Gasteiger partial charge in [-0.1, -0.05) is 18.2 Å². The molecule has 0 atom stereocenters. The maximum absolute atomic E-state index is 5.61. The van der Waals surface area contributed by atoms with Crippen LogP contribution in [-0.4, -0.2) is 19.8 Å². The van der Waals surface area contributed by atoms with Gasteiger partial charge < -0.3 is 10.1 Å². The molecule has 0 bridgehead atoms. The third-order valence-electron chi connectivity index (χ3n) is 3.72. The number of ether oxygens (including phenoxy) is 1. The van der Waals surface area contributed by atoms with E-state index >= 15 is 0 Å². The topological polar surface area (TPSA) is 21.3 Å². The number of rotatable bonds is 8. The van der Waals surface area contributed by atoms with E-state index in [0.717, 1.165) is 38.6 Å². The number of hydrogen-bond donors (Lipinski definition) is 1. The van der Waals surface area contributed by atoms with Crippen molar-refractivity contribution >= 4 is 0 Å². The SMILES string of the molecule is Cc1cccc(CNCCCOCC2CC2)c1C. The maximum atomic E-state index is 5.61. The largest absolute Gasteiger partial charge is 0.381 e. The fourth-order valence-electron chi connectivity index (χ4n) is 2.06. The van der Waals surface area contributed by atoms with Crippen LogP contribution in [0.4, 0.5) is 0 Å². The lowest BCUT2D eigenvalue weighted by Crippen LogP contribution is -2.17. The summed E-state index contributed by atoms with van der Waals surface area (Å²) >= 11 is 0. The van der Waals surface area contributed by atoms with Crippen LogP contribution in [0.3, 0.4) is 0 Å². The first-order valence-electron chi connectivity index (χ1n) is 7.11. The molecule has 1 aliphatic carbocycles. The second kappa shape index (κ2) is 6.91. The van der Waals surface area contributed by atoms with Crippen molar-refractivity contribution in [2.75, 3.05) is 19.8 Å². The Labute approximate surface area is 111 Å². The standard InChI is InChI=1S/C16H25NO/c1-13-5-3-6-16(14(13)2)11-17-9-4-10-18-12-15-7-8-15/h3,5-6,15,17H,4,7-12H2,1-2H3. The third kappa shape index (κ3) is 4.43. The molecule has 2 nitrogen and oxygen atoms in total. The summed E-state index contributed by atoms with van der Waals surface area (Å²) in [6, 6.07) is 6.52. The van der Waals surface area contributed by atoms with Crippen LogP contribution in [0.25, 0.3) is 0 Å². The number of hydrogen-bond acceptors (Lipinski definition) is 2. The van der Waals surface area contributed by atoms with Gasteiger partial charge in [0.15, 0.2) is 0 Å². The van der Waals surface area contributed by atoms with E-state index in [4.69, 9.17) is 4.74 Å². The lowest BCUT2D eigenvalue weighted by molar-refractivity contribution is 0.122. The Bertz CT molecular complexity index is 371. The van der Waals surface area contributed by atoms with Gasteiger partial charge in [-0.2, -0.15) is 0 Å². The van der Waals surface area contributed by atoms with Crippen molar-refractivity contribution in [3.05, 3.63) is 34.9 Å². The molecule has 0 aromatic heterocycles. The molecular weight excluding hydrogens is 222 g/mol. The van der Waals surface area contributed by atoms with Gasteiger partial charge >= 0.3 is 0 Å². The van der Waals surface area contributed by atoms with Gasteiger partial charge in [0.2, 0.25) is 0 Å². The molecule has 2 rings (SSSR count). The third-order valence-corrected chi connectivity index (χ3v) is 3.72. The summed E-state index contributed by atoms with van der Waals surface area (Å²) in [6.07, 6.45) is 3.87. The molecule has 0 radical (unpaired) electrons. The summed E-state index contributed by atoms with van der Waals surface area (Å²) in [5.74, 6) is 0.882.